The summed E-state index contributed by atoms with van der Waals surface area (Å²) in [6.45, 7) is 0.250. The first-order valence-corrected chi connectivity index (χ1v) is 6.76. The van der Waals surface area contributed by atoms with Gasteiger partial charge in [-0.25, -0.2) is 0 Å². The van der Waals surface area contributed by atoms with Gasteiger partial charge < -0.3 is 14.3 Å². The normalized spacial score (nSPS) is 11.9. The van der Waals surface area contributed by atoms with Gasteiger partial charge in [-0.2, -0.15) is 0 Å². The average Bonchev–Trinajstić information content (AvgIpc) is 3.04. The van der Waals surface area contributed by atoms with E-state index in [2.05, 4.69) is 5.32 Å². The molecule has 0 aliphatic heterocycles. The lowest BCUT2D eigenvalue weighted by Crippen LogP contribution is -2.38. The van der Waals surface area contributed by atoms with Gasteiger partial charge in [-0.15, -0.1) is 0 Å². The zero-order chi connectivity index (χ0) is 15.9. The molecular weight excluding hydrogens is 286 g/mol. The maximum Gasteiger partial charge on any atom is 0.321 e. The fourth-order valence-corrected chi connectivity index (χ4v) is 1.96. The van der Waals surface area contributed by atoms with Crippen LogP contribution in [0.1, 0.15) is 22.5 Å². The van der Waals surface area contributed by atoms with Crippen LogP contribution in [0.2, 0.25) is 0 Å². The number of benzene rings is 1. The highest BCUT2D eigenvalue weighted by Gasteiger charge is 2.21. The molecule has 0 bridgehead atoms. The number of Topliss-reactive ketones (excluding diaryl/α,β-unsaturated/α-hetero) is 1. The number of ketones is 1. The quantitative estimate of drug-likeness (QED) is 0.726. The van der Waals surface area contributed by atoms with Crippen LogP contribution in [0.25, 0.3) is 0 Å². The average molecular weight is 303 g/mol. The summed E-state index contributed by atoms with van der Waals surface area (Å²) >= 11 is 0. The van der Waals surface area contributed by atoms with Gasteiger partial charge in [0.15, 0.2) is 5.78 Å². The third kappa shape index (κ3) is 4.20. The molecule has 0 spiro atoms. The highest BCUT2D eigenvalue weighted by Crippen LogP contribution is 2.13. The van der Waals surface area contributed by atoms with Gasteiger partial charge in [0.2, 0.25) is 0 Å². The molecule has 0 aliphatic rings. The fraction of sp³-hybridized carbons (Fsp3) is 0.250. The Bertz CT molecular complexity index is 618. The van der Waals surface area contributed by atoms with E-state index in [0.717, 1.165) is 0 Å². The number of carboxylic acids is 1. The molecule has 0 aliphatic carbocycles. The number of rotatable bonds is 8. The van der Waals surface area contributed by atoms with Crippen LogP contribution < -0.4 is 10.1 Å². The summed E-state index contributed by atoms with van der Waals surface area (Å²) in [5.41, 5.74) is 0.451. The van der Waals surface area contributed by atoms with E-state index in [1.807, 2.05) is 0 Å². The van der Waals surface area contributed by atoms with Crippen molar-refractivity contribution in [1.29, 1.82) is 0 Å². The largest absolute Gasteiger partial charge is 0.497 e. The van der Waals surface area contributed by atoms with E-state index in [-0.39, 0.29) is 18.7 Å². The van der Waals surface area contributed by atoms with E-state index in [0.29, 0.717) is 17.1 Å². The second-order valence-electron chi connectivity index (χ2n) is 4.71. The molecule has 1 aromatic heterocycles. The van der Waals surface area contributed by atoms with Crippen molar-refractivity contribution in [2.45, 2.75) is 19.0 Å². The first kappa shape index (κ1) is 15.8. The van der Waals surface area contributed by atoms with E-state index in [4.69, 9.17) is 9.15 Å². The van der Waals surface area contributed by atoms with Gasteiger partial charge in [0.25, 0.3) is 0 Å². The van der Waals surface area contributed by atoms with E-state index in [9.17, 15) is 14.7 Å². The Morgan fingerprint density at radius 1 is 1.27 bits per heavy atom. The van der Waals surface area contributed by atoms with Crippen LogP contribution in [0.3, 0.4) is 0 Å². The van der Waals surface area contributed by atoms with Crippen molar-refractivity contribution in [2.75, 3.05) is 7.11 Å². The van der Waals surface area contributed by atoms with Gasteiger partial charge in [0.05, 0.1) is 19.9 Å². The molecular formula is C16H17NO5. The molecule has 2 aromatic rings. The number of carboxylic acid groups (broad SMARTS) is 1. The Balaban J connectivity index is 1.97. The maximum absolute atomic E-state index is 12.2. The molecule has 0 radical (unpaired) electrons. The molecule has 6 heteroatoms. The Kier molecular flexibility index (Phi) is 5.32. The minimum absolute atomic E-state index is 0.137. The van der Waals surface area contributed by atoms with E-state index >= 15 is 0 Å². The lowest BCUT2D eigenvalue weighted by Gasteiger charge is -2.13. The Morgan fingerprint density at radius 3 is 2.55 bits per heavy atom. The number of carbonyl (C=O) groups excluding carboxylic acids is 1. The molecule has 0 fully saturated rings. The number of nitrogens with one attached hydrogen (secondary N) is 1. The summed E-state index contributed by atoms with van der Waals surface area (Å²) in [6.07, 6.45) is 1.37. The highest BCUT2D eigenvalue weighted by molar-refractivity contribution is 5.98. The predicted molar refractivity (Wildman–Crippen MR) is 78.9 cm³/mol. The van der Waals surface area contributed by atoms with Gasteiger partial charge in [0, 0.05) is 12.0 Å². The monoisotopic (exact) mass is 303 g/mol. The van der Waals surface area contributed by atoms with Gasteiger partial charge >= 0.3 is 5.97 Å². The summed E-state index contributed by atoms with van der Waals surface area (Å²) in [7, 11) is 1.54. The molecule has 22 heavy (non-hydrogen) atoms. The standard InChI is InChI=1S/C16H17NO5/c1-21-12-6-4-11(5-7-12)15(18)9-14(16(19)20)17-10-13-3-2-8-22-13/h2-8,14,17H,9-10H2,1H3,(H,19,20). The third-order valence-electron chi connectivity index (χ3n) is 3.20. The van der Waals surface area contributed by atoms with Crippen LogP contribution in [0.15, 0.2) is 47.1 Å². The molecule has 6 nitrogen and oxygen atoms in total. The van der Waals surface area contributed by atoms with Crippen LogP contribution >= 0.6 is 0 Å². The summed E-state index contributed by atoms with van der Waals surface area (Å²) < 4.78 is 10.1. The van der Waals surface area contributed by atoms with Crippen LogP contribution in [0.5, 0.6) is 5.75 Å². The van der Waals surface area contributed by atoms with Crippen molar-refractivity contribution in [2.24, 2.45) is 0 Å². The van der Waals surface area contributed by atoms with E-state index in [1.165, 1.54) is 13.4 Å². The fourth-order valence-electron chi connectivity index (χ4n) is 1.96. The lowest BCUT2D eigenvalue weighted by atomic mass is 10.0. The number of hydrogen-bond acceptors (Lipinski definition) is 5. The molecule has 2 rings (SSSR count). The lowest BCUT2D eigenvalue weighted by molar-refractivity contribution is -0.139. The van der Waals surface area contributed by atoms with Crippen molar-refractivity contribution < 1.29 is 23.8 Å². The Labute approximate surface area is 127 Å². The number of ether oxygens (including phenoxy) is 1. The molecule has 1 heterocycles. The smallest absolute Gasteiger partial charge is 0.321 e. The van der Waals surface area contributed by atoms with Gasteiger partial charge in [-0.05, 0) is 36.4 Å². The van der Waals surface area contributed by atoms with Crippen LogP contribution in [0, 0.1) is 0 Å². The van der Waals surface area contributed by atoms with Crippen LogP contribution in [0.4, 0.5) is 0 Å². The molecule has 0 saturated carbocycles. The molecule has 1 aromatic carbocycles. The minimum atomic E-state index is -1.08. The van der Waals surface area contributed by atoms with Crippen molar-refractivity contribution >= 4 is 11.8 Å². The number of aliphatic carboxylic acids is 1. The maximum atomic E-state index is 12.2. The summed E-state index contributed by atoms with van der Waals surface area (Å²) in [4.78, 5) is 23.4. The zero-order valence-corrected chi connectivity index (χ0v) is 12.1. The van der Waals surface area contributed by atoms with Crippen molar-refractivity contribution in [3.05, 3.63) is 54.0 Å². The van der Waals surface area contributed by atoms with Gasteiger partial charge in [-0.1, -0.05) is 0 Å². The van der Waals surface area contributed by atoms with Gasteiger partial charge in [0.1, 0.15) is 17.6 Å². The summed E-state index contributed by atoms with van der Waals surface area (Å²) in [6, 6.07) is 9.05. The Morgan fingerprint density at radius 2 is 2.00 bits per heavy atom. The summed E-state index contributed by atoms with van der Waals surface area (Å²) in [5, 5.41) is 12.0. The molecule has 116 valence electrons. The minimum Gasteiger partial charge on any atom is -0.497 e. The van der Waals surface area contributed by atoms with E-state index in [1.54, 1.807) is 36.4 Å². The highest BCUT2D eigenvalue weighted by atomic mass is 16.5. The SMILES string of the molecule is COc1ccc(C(=O)CC(NCc2ccco2)C(=O)O)cc1. The molecule has 2 N–H and O–H groups in total. The third-order valence-corrected chi connectivity index (χ3v) is 3.20. The zero-order valence-electron chi connectivity index (χ0n) is 12.1. The molecule has 0 saturated heterocycles. The van der Waals surface area contributed by atoms with E-state index < -0.39 is 12.0 Å². The second kappa shape index (κ2) is 7.42. The predicted octanol–water partition coefficient (Wildman–Crippen LogP) is 2.10. The number of methoxy groups -OCH3 is 1. The Hall–Kier alpha value is -2.60. The molecule has 1 atom stereocenters. The van der Waals surface area contributed by atoms with Crippen LogP contribution in [-0.4, -0.2) is 30.0 Å². The first-order valence-electron chi connectivity index (χ1n) is 6.76. The van der Waals surface area contributed by atoms with Crippen molar-refractivity contribution in [3.63, 3.8) is 0 Å². The summed E-state index contributed by atoms with van der Waals surface area (Å²) in [5.74, 6) is -0.0687. The van der Waals surface area contributed by atoms with Gasteiger partial charge in [-0.3, -0.25) is 14.9 Å². The second-order valence-corrected chi connectivity index (χ2v) is 4.71. The molecule has 1 unspecified atom stereocenters. The first-order chi connectivity index (χ1) is 10.6. The van der Waals surface area contributed by atoms with Crippen molar-refractivity contribution in [1.82, 2.24) is 5.32 Å². The topological polar surface area (TPSA) is 88.8 Å². The number of furan rings is 1. The number of carbonyl (C=O) groups is 2. The number of hydrogen-bond donors (Lipinski definition) is 2. The van der Waals surface area contributed by atoms with Crippen LogP contribution in [-0.2, 0) is 11.3 Å². The van der Waals surface area contributed by atoms with Crippen molar-refractivity contribution in [3.8, 4) is 5.75 Å². The molecule has 0 amide bonds.